The van der Waals surface area contributed by atoms with Crippen LogP contribution in [0.5, 0.6) is 0 Å². The van der Waals surface area contributed by atoms with Crippen molar-refractivity contribution in [3.8, 4) is 0 Å². The fourth-order valence-corrected chi connectivity index (χ4v) is 8.00. The van der Waals surface area contributed by atoms with E-state index in [0.29, 0.717) is 6.61 Å². The van der Waals surface area contributed by atoms with Gasteiger partial charge in [0.25, 0.3) is 10.0 Å². The Morgan fingerprint density at radius 1 is 0.938 bits per heavy atom. The lowest BCUT2D eigenvalue weighted by molar-refractivity contribution is -0.114. The van der Waals surface area contributed by atoms with E-state index < -0.39 is 15.6 Å². The molecule has 0 spiro atoms. The third kappa shape index (κ3) is 4.41. The van der Waals surface area contributed by atoms with Crippen LogP contribution in [0, 0.1) is 16.2 Å². The Morgan fingerprint density at radius 2 is 1.62 bits per heavy atom. The van der Waals surface area contributed by atoms with Crippen molar-refractivity contribution in [3.63, 3.8) is 0 Å². The van der Waals surface area contributed by atoms with Crippen LogP contribution < -0.4 is 4.83 Å². The fraction of sp³-hybridized carbons (Fsp3) is 0.654. The maximum absolute atomic E-state index is 12.9. The standard InChI is InChI=1S/C26H38N2O3S/c1-7-31-26-17-24(4,5)16-25(6,18-26)14-19-13-23(2,3)15-21(22(19)26)27-28-32(29,30)20-11-9-8-10-12-20/h8-12,28H,7,13-18H2,1-6H3/b27-21-/t25-,26-/m0/s1. The number of ether oxygens (including phenoxy) is 1. The molecule has 3 aliphatic rings. The largest absolute Gasteiger partial charge is 0.370 e. The monoisotopic (exact) mass is 458 g/mol. The molecule has 32 heavy (non-hydrogen) atoms. The van der Waals surface area contributed by atoms with Gasteiger partial charge >= 0.3 is 0 Å². The second kappa shape index (κ2) is 7.69. The van der Waals surface area contributed by atoms with E-state index in [4.69, 9.17) is 4.74 Å². The first-order valence-corrected chi connectivity index (χ1v) is 13.3. The number of hydrazone groups is 1. The molecule has 2 atom stereocenters. The number of hydrogen-bond donors (Lipinski definition) is 1. The molecule has 1 aromatic rings. The lowest BCUT2D eigenvalue weighted by Gasteiger charge is -2.59. The molecule has 5 nitrogen and oxygen atoms in total. The van der Waals surface area contributed by atoms with Crippen LogP contribution in [0.1, 0.15) is 80.1 Å². The maximum Gasteiger partial charge on any atom is 0.276 e. The first-order chi connectivity index (χ1) is 14.8. The van der Waals surface area contributed by atoms with Gasteiger partial charge in [-0.25, -0.2) is 0 Å². The zero-order valence-electron chi connectivity index (χ0n) is 20.4. The van der Waals surface area contributed by atoms with Gasteiger partial charge in [0.15, 0.2) is 0 Å². The Hall–Kier alpha value is -1.66. The van der Waals surface area contributed by atoms with Crippen molar-refractivity contribution < 1.29 is 13.2 Å². The molecule has 0 heterocycles. The number of hydrogen-bond acceptors (Lipinski definition) is 4. The fourth-order valence-electron chi connectivity index (χ4n) is 7.15. The second-order valence-electron chi connectivity index (χ2n) is 12.1. The van der Waals surface area contributed by atoms with Gasteiger partial charge in [0, 0.05) is 12.2 Å². The predicted octanol–water partition coefficient (Wildman–Crippen LogP) is 5.83. The summed E-state index contributed by atoms with van der Waals surface area (Å²) < 4.78 is 32.4. The van der Waals surface area contributed by atoms with E-state index in [2.05, 4.69) is 51.5 Å². The SMILES string of the molecule is CCO[C@]12CC(C)(C)C[C@](C)(CC3=C1/C(=N\NS(=O)(=O)c1ccccc1)CC(C)(C)C3)C2. The molecule has 0 amide bonds. The minimum Gasteiger partial charge on any atom is -0.370 e. The Morgan fingerprint density at radius 3 is 2.28 bits per heavy atom. The van der Waals surface area contributed by atoms with E-state index in [0.717, 1.165) is 37.8 Å². The summed E-state index contributed by atoms with van der Waals surface area (Å²) in [5, 5.41) is 4.60. The molecule has 1 saturated carbocycles. The van der Waals surface area contributed by atoms with Crippen molar-refractivity contribution in [2.75, 3.05) is 6.61 Å². The van der Waals surface area contributed by atoms with E-state index in [1.54, 1.807) is 30.3 Å². The summed E-state index contributed by atoms with van der Waals surface area (Å²) in [6, 6.07) is 8.44. The van der Waals surface area contributed by atoms with Crippen LogP contribution in [-0.2, 0) is 14.8 Å². The van der Waals surface area contributed by atoms with E-state index in [1.807, 2.05) is 0 Å². The molecule has 0 aliphatic heterocycles. The van der Waals surface area contributed by atoms with Crippen molar-refractivity contribution in [3.05, 3.63) is 41.5 Å². The highest BCUT2D eigenvalue weighted by Crippen LogP contribution is 2.62. The van der Waals surface area contributed by atoms with Gasteiger partial charge < -0.3 is 4.74 Å². The van der Waals surface area contributed by atoms with Crippen LogP contribution in [0.3, 0.4) is 0 Å². The highest BCUT2D eigenvalue weighted by molar-refractivity contribution is 7.89. The molecular formula is C26H38N2O3S. The number of sulfonamides is 1. The average Bonchev–Trinajstić information content (AvgIpc) is 2.63. The maximum atomic E-state index is 12.9. The average molecular weight is 459 g/mol. The molecule has 4 rings (SSSR count). The van der Waals surface area contributed by atoms with E-state index in [1.165, 1.54) is 17.6 Å². The van der Waals surface area contributed by atoms with Crippen LogP contribution in [-0.4, -0.2) is 26.3 Å². The topological polar surface area (TPSA) is 67.8 Å². The Bertz CT molecular complexity index is 1060. The molecule has 0 unspecified atom stereocenters. The van der Waals surface area contributed by atoms with Crippen molar-refractivity contribution in [2.45, 2.75) is 90.6 Å². The summed E-state index contributed by atoms with van der Waals surface area (Å²) in [5.74, 6) is 0. The summed E-state index contributed by atoms with van der Waals surface area (Å²) in [6.07, 6.45) is 5.87. The minimum atomic E-state index is -3.72. The number of rotatable bonds is 5. The molecule has 1 fully saturated rings. The summed E-state index contributed by atoms with van der Waals surface area (Å²) in [5.41, 5.74) is 3.42. The number of nitrogens with zero attached hydrogens (tertiary/aromatic N) is 1. The van der Waals surface area contributed by atoms with Crippen molar-refractivity contribution >= 4 is 15.7 Å². The summed E-state index contributed by atoms with van der Waals surface area (Å²) >= 11 is 0. The van der Waals surface area contributed by atoms with Gasteiger partial charge in [-0.15, -0.1) is 0 Å². The van der Waals surface area contributed by atoms with Gasteiger partial charge in [-0.3, -0.25) is 0 Å². The van der Waals surface area contributed by atoms with Crippen LogP contribution in [0.2, 0.25) is 0 Å². The molecule has 2 bridgehead atoms. The molecule has 0 aromatic heterocycles. The zero-order valence-corrected chi connectivity index (χ0v) is 21.2. The van der Waals surface area contributed by atoms with Crippen molar-refractivity contribution in [1.82, 2.24) is 4.83 Å². The summed E-state index contributed by atoms with van der Waals surface area (Å²) in [4.78, 5) is 2.77. The van der Waals surface area contributed by atoms with E-state index in [9.17, 15) is 8.42 Å². The summed E-state index contributed by atoms with van der Waals surface area (Å²) in [7, 11) is -3.72. The molecular weight excluding hydrogens is 420 g/mol. The van der Waals surface area contributed by atoms with Gasteiger partial charge in [0.1, 0.15) is 0 Å². The van der Waals surface area contributed by atoms with Crippen LogP contribution in [0.4, 0.5) is 0 Å². The predicted molar refractivity (Wildman–Crippen MR) is 129 cm³/mol. The van der Waals surface area contributed by atoms with Gasteiger partial charge in [-0.1, -0.05) is 58.4 Å². The lowest BCUT2D eigenvalue weighted by Crippen LogP contribution is -2.56. The molecule has 6 heteroatoms. The van der Waals surface area contributed by atoms with Crippen molar-refractivity contribution in [1.29, 1.82) is 0 Å². The molecule has 1 aromatic carbocycles. The number of fused-ring (bicyclic) bond motifs is 3. The Balaban J connectivity index is 1.81. The van der Waals surface area contributed by atoms with Crippen LogP contribution in [0.15, 0.2) is 51.5 Å². The molecule has 1 N–H and O–H groups in total. The van der Waals surface area contributed by atoms with Gasteiger partial charge in [-0.2, -0.15) is 18.4 Å². The number of benzene rings is 1. The highest BCUT2D eigenvalue weighted by atomic mass is 32.2. The molecule has 0 saturated heterocycles. The zero-order chi connectivity index (χ0) is 23.4. The first-order valence-electron chi connectivity index (χ1n) is 11.8. The normalized spacial score (nSPS) is 32.5. The van der Waals surface area contributed by atoms with Crippen LogP contribution >= 0.6 is 0 Å². The molecule has 176 valence electrons. The third-order valence-corrected chi connectivity index (χ3v) is 8.46. The van der Waals surface area contributed by atoms with Crippen molar-refractivity contribution in [2.24, 2.45) is 21.3 Å². The minimum absolute atomic E-state index is 0.0285. The first kappa shape index (κ1) is 23.5. The lowest BCUT2D eigenvalue weighted by atomic mass is 9.49. The highest BCUT2D eigenvalue weighted by Gasteiger charge is 2.57. The Labute approximate surface area is 193 Å². The second-order valence-corrected chi connectivity index (χ2v) is 13.7. The smallest absolute Gasteiger partial charge is 0.276 e. The number of nitrogens with one attached hydrogen (secondary N) is 1. The van der Waals surface area contributed by atoms with E-state index >= 15 is 0 Å². The molecule has 3 aliphatic carbocycles. The molecule has 0 radical (unpaired) electrons. The Kier molecular flexibility index (Phi) is 5.65. The van der Waals surface area contributed by atoms with Gasteiger partial charge in [0.2, 0.25) is 0 Å². The van der Waals surface area contributed by atoms with Gasteiger partial charge in [-0.05, 0) is 73.8 Å². The van der Waals surface area contributed by atoms with Gasteiger partial charge in [0.05, 0.1) is 16.2 Å². The quantitative estimate of drug-likeness (QED) is 0.564. The van der Waals surface area contributed by atoms with Crippen LogP contribution in [0.25, 0.3) is 0 Å². The van der Waals surface area contributed by atoms with E-state index in [-0.39, 0.29) is 21.1 Å². The third-order valence-electron chi connectivity index (χ3n) is 7.23. The summed E-state index contributed by atoms with van der Waals surface area (Å²) in [6.45, 7) is 14.3. The number of allylic oxidation sites excluding steroid dienone is 1.